The van der Waals surface area contributed by atoms with E-state index in [0.717, 1.165) is 0 Å². The first-order valence-electron chi connectivity index (χ1n) is 6.76. The van der Waals surface area contributed by atoms with Crippen molar-refractivity contribution in [1.29, 1.82) is 0 Å². The van der Waals surface area contributed by atoms with Crippen LogP contribution in [0.5, 0.6) is 11.5 Å². The van der Waals surface area contributed by atoms with Gasteiger partial charge in [0.2, 0.25) is 0 Å². The molecule has 1 unspecified atom stereocenters. The Bertz CT molecular complexity index is 669. The van der Waals surface area contributed by atoms with Gasteiger partial charge in [0, 0.05) is 11.1 Å². The van der Waals surface area contributed by atoms with Crippen molar-refractivity contribution in [3.63, 3.8) is 0 Å². The Labute approximate surface area is 134 Å². The number of aliphatic hydroxyl groups excluding tert-OH is 1. The van der Waals surface area contributed by atoms with Gasteiger partial charge in [0.05, 0.1) is 12.7 Å². The van der Waals surface area contributed by atoms with Gasteiger partial charge in [-0.2, -0.15) is 0 Å². The highest BCUT2D eigenvalue weighted by atomic mass is 35.5. The molecule has 0 bridgehead atoms. The van der Waals surface area contributed by atoms with Crippen molar-refractivity contribution in [2.75, 3.05) is 13.7 Å². The maximum Gasteiger partial charge on any atom is 0.163 e. The molecule has 5 heteroatoms. The predicted molar refractivity (Wildman–Crippen MR) is 84.9 cm³/mol. The van der Waals surface area contributed by atoms with E-state index in [0.29, 0.717) is 27.6 Å². The number of hydrogen-bond donors (Lipinski definition) is 1. The fourth-order valence-electron chi connectivity index (χ4n) is 2.02. The van der Waals surface area contributed by atoms with Crippen molar-refractivity contribution in [3.8, 4) is 11.5 Å². The van der Waals surface area contributed by atoms with Crippen LogP contribution in [0.15, 0.2) is 42.5 Å². The molecule has 0 fully saturated rings. The lowest BCUT2D eigenvalue weighted by Crippen LogP contribution is -2.11. The van der Waals surface area contributed by atoms with Gasteiger partial charge < -0.3 is 14.6 Å². The fraction of sp³-hybridized carbons (Fsp3) is 0.235. The molecule has 22 heavy (non-hydrogen) atoms. The number of carbonyl (C=O) groups excluding carboxylic acids is 1. The Morgan fingerprint density at radius 2 is 2.05 bits per heavy atom. The average molecular weight is 321 g/mol. The number of aliphatic hydroxyl groups is 1. The van der Waals surface area contributed by atoms with Gasteiger partial charge in [0.25, 0.3) is 0 Å². The molecule has 116 valence electrons. The van der Waals surface area contributed by atoms with E-state index >= 15 is 0 Å². The van der Waals surface area contributed by atoms with Crippen LogP contribution in [-0.4, -0.2) is 24.6 Å². The molecule has 1 N–H and O–H groups in total. The molecule has 0 aliphatic rings. The van der Waals surface area contributed by atoms with Crippen molar-refractivity contribution < 1.29 is 19.4 Å². The van der Waals surface area contributed by atoms with Crippen molar-refractivity contribution in [2.24, 2.45) is 0 Å². The monoisotopic (exact) mass is 320 g/mol. The number of carbonyl (C=O) groups is 1. The van der Waals surface area contributed by atoms with E-state index in [1.165, 1.54) is 14.0 Å². The van der Waals surface area contributed by atoms with E-state index in [1.54, 1.807) is 42.5 Å². The Morgan fingerprint density at radius 3 is 2.68 bits per heavy atom. The first-order chi connectivity index (χ1) is 10.5. The standard InChI is InChI=1S/C17H17ClO4/c1-11(19)15-7-6-14(21-2)9-17(15)22-10-16(20)12-4-3-5-13(18)8-12/h3-9,16,20H,10H2,1-2H3. The van der Waals surface area contributed by atoms with Crippen LogP contribution in [-0.2, 0) is 0 Å². The maximum absolute atomic E-state index is 11.6. The van der Waals surface area contributed by atoms with Gasteiger partial charge in [0.1, 0.15) is 24.2 Å². The summed E-state index contributed by atoms with van der Waals surface area (Å²) < 4.78 is 10.7. The molecule has 2 rings (SSSR count). The van der Waals surface area contributed by atoms with Crippen LogP contribution < -0.4 is 9.47 Å². The molecule has 2 aromatic rings. The number of halogens is 1. The second kappa shape index (κ2) is 7.29. The minimum atomic E-state index is -0.843. The molecule has 0 spiro atoms. The average Bonchev–Trinajstić information content (AvgIpc) is 2.52. The second-order valence-electron chi connectivity index (χ2n) is 4.80. The van der Waals surface area contributed by atoms with Crippen LogP contribution in [0.25, 0.3) is 0 Å². The molecule has 0 aromatic heterocycles. The maximum atomic E-state index is 11.6. The lowest BCUT2D eigenvalue weighted by Gasteiger charge is -2.15. The van der Waals surface area contributed by atoms with Gasteiger partial charge in [0.15, 0.2) is 5.78 Å². The van der Waals surface area contributed by atoms with E-state index < -0.39 is 6.10 Å². The van der Waals surface area contributed by atoms with Gasteiger partial charge in [-0.05, 0) is 36.8 Å². The topological polar surface area (TPSA) is 55.8 Å². The zero-order valence-electron chi connectivity index (χ0n) is 12.4. The van der Waals surface area contributed by atoms with Gasteiger partial charge in [-0.1, -0.05) is 23.7 Å². The minimum absolute atomic E-state index is 0.00773. The summed E-state index contributed by atoms with van der Waals surface area (Å²) in [4.78, 5) is 11.6. The van der Waals surface area contributed by atoms with Crippen molar-refractivity contribution in [1.82, 2.24) is 0 Å². The largest absolute Gasteiger partial charge is 0.497 e. The molecular weight excluding hydrogens is 304 g/mol. The zero-order chi connectivity index (χ0) is 16.1. The van der Waals surface area contributed by atoms with Crippen LogP contribution >= 0.6 is 11.6 Å². The van der Waals surface area contributed by atoms with Crippen LogP contribution in [0.2, 0.25) is 5.02 Å². The third kappa shape index (κ3) is 4.00. The summed E-state index contributed by atoms with van der Waals surface area (Å²) in [6, 6.07) is 11.9. The number of methoxy groups -OCH3 is 1. The molecule has 0 saturated heterocycles. The highest BCUT2D eigenvalue weighted by Gasteiger charge is 2.13. The number of rotatable bonds is 6. The Hall–Kier alpha value is -2.04. The van der Waals surface area contributed by atoms with E-state index in [4.69, 9.17) is 21.1 Å². The Morgan fingerprint density at radius 1 is 1.27 bits per heavy atom. The third-order valence-electron chi connectivity index (χ3n) is 3.20. The Kier molecular flexibility index (Phi) is 5.41. The fourth-order valence-corrected chi connectivity index (χ4v) is 2.22. The van der Waals surface area contributed by atoms with Gasteiger partial charge in [-0.15, -0.1) is 0 Å². The molecule has 0 saturated carbocycles. The normalized spacial score (nSPS) is 11.8. The number of benzene rings is 2. The second-order valence-corrected chi connectivity index (χ2v) is 5.24. The number of hydrogen-bond acceptors (Lipinski definition) is 4. The van der Waals surface area contributed by atoms with Crippen LogP contribution in [0.1, 0.15) is 28.9 Å². The van der Waals surface area contributed by atoms with Gasteiger partial charge >= 0.3 is 0 Å². The predicted octanol–water partition coefficient (Wildman–Crippen LogP) is 3.66. The van der Waals surface area contributed by atoms with Crippen molar-refractivity contribution in [3.05, 3.63) is 58.6 Å². The molecule has 0 radical (unpaired) electrons. The summed E-state index contributed by atoms with van der Waals surface area (Å²) in [6.45, 7) is 1.47. The summed E-state index contributed by atoms with van der Waals surface area (Å²) in [5.41, 5.74) is 1.10. The highest BCUT2D eigenvalue weighted by molar-refractivity contribution is 6.30. The van der Waals surface area contributed by atoms with Crippen LogP contribution in [0.3, 0.4) is 0 Å². The quantitative estimate of drug-likeness (QED) is 0.825. The van der Waals surface area contributed by atoms with Crippen LogP contribution in [0.4, 0.5) is 0 Å². The first kappa shape index (κ1) is 16.3. The summed E-state index contributed by atoms with van der Waals surface area (Å²) in [7, 11) is 1.54. The first-order valence-corrected chi connectivity index (χ1v) is 7.14. The zero-order valence-corrected chi connectivity index (χ0v) is 13.1. The van der Waals surface area contributed by atoms with Gasteiger partial charge in [-0.3, -0.25) is 4.79 Å². The van der Waals surface area contributed by atoms with E-state index in [2.05, 4.69) is 0 Å². The number of ketones is 1. The van der Waals surface area contributed by atoms with E-state index in [9.17, 15) is 9.90 Å². The Balaban J connectivity index is 2.15. The van der Waals surface area contributed by atoms with Crippen molar-refractivity contribution >= 4 is 17.4 Å². The molecule has 2 aromatic carbocycles. The molecule has 1 atom stereocenters. The molecule has 0 aliphatic carbocycles. The summed E-state index contributed by atoms with van der Waals surface area (Å²) in [5, 5.41) is 10.7. The lowest BCUT2D eigenvalue weighted by molar-refractivity contribution is 0.0977. The van der Waals surface area contributed by atoms with E-state index in [-0.39, 0.29) is 12.4 Å². The smallest absolute Gasteiger partial charge is 0.163 e. The number of ether oxygens (including phenoxy) is 2. The number of Topliss-reactive ketones (excluding diaryl/α,β-unsaturated/α-hetero) is 1. The SMILES string of the molecule is COc1ccc(C(C)=O)c(OCC(O)c2cccc(Cl)c2)c1. The summed E-state index contributed by atoms with van der Waals surface area (Å²) >= 11 is 5.90. The molecule has 0 aliphatic heterocycles. The molecular formula is C17H17ClO4. The van der Waals surface area contributed by atoms with Crippen LogP contribution in [0, 0.1) is 0 Å². The molecule has 0 amide bonds. The molecule has 4 nitrogen and oxygen atoms in total. The van der Waals surface area contributed by atoms with E-state index in [1.807, 2.05) is 0 Å². The van der Waals surface area contributed by atoms with Gasteiger partial charge in [-0.25, -0.2) is 0 Å². The summed E-state index contributed by atoms with van der Waals surface area (Å²) in [5.74, 6) is 0.847. The third-order valence-corrected chi connectivity index (χ3v) is 3.43. The highest BCUT2D eigenvalue weighted by Crippen LogP contribution is 2.27. The lowest BCUT2D eigenvalue weighted by atomic mass is 10.1. The summed E-state index contributed by atoms with van der Waals surface area (Å²) in [6.07, 6.45) is -0.843. The van der Waals surface area contributed by atoms with Crippen molar-refractivity contribution in [2.45, 2.75) is 13.0 Å². The molecule has 0 heterocycles. The minimum Gasteiger partial charge on any atom is -0.497 e.